The van der Waals surface area contributed by atoms with E-state index in [2.05, 4.69) is 21.2 Å². The van der Waals surface area contributed by atoms with Gasteiger partial charge in [0.1, 0.15) is 5.76 Å². The normalized spacial score (nSPS) is 19.3. The van der Waals surface area contributed by atoms with E-state index in [1.165, 1.54) is 44.9 Å². The molecule has 0 radical (unpaired) electrons. The molecule has 1 N–H and O–H groups in total. The van der Waals surface area contributed by atoms with E-state index in [-0.39, 0.29) is 0 Å². The Labute approximate surface area is 106 Å². The zero-order chi connectivity index (χ0) is 11.2. The molecule has 0 atom stereocenters. The lowest BCUT2D eigenvalue weighted by molar-refractivity contribution is 0.369. The average molecular weight is 286 g/mol. The highest BCUT2D eigenvalue weighted by atomic mass is 79.9. The highest BCUT2D eigenvalue weighted by molar-refractivity contribution is 9.10. The predicted octanol–water partition coefficient (Wildman–Crippen LogP) is 4.24. The van der Waals surface area contributed by atoms with Gasteiger partial charge in [-0.25, -0.2) is 0 Å². The Morgan fingerprint density at radius 1 is 1.12 bits per heavy atom. The van der Waals surface area contributed by atoms with E-state index in [0.717, 1.165) is 17.0 Å². The Morgan fingerprint density at radius 2 is 1.81 bits per heavy atom. The second kappa shape index (κ2) is 6.45. The maximum atomic E-state index is 5.48. The maximum Gasteiger partial charge on any atom is 0.169 e. The molecule has 2 rings (SSSR count). The van der Waals surface area contributed by atoms with Gasteiger partial charge in [0.25, 0.3) is 0 Å². The lowest BCUT2D eigenvalue weighted by Crippen LogP contribution is -2.29. The van der Waals surface area contributed by atoms with Crippen LogP contribution in [0.4, 0.5) is 0 Å². The Hall–Kier alpha value is -0.280. The second-order valence-electron chi connectivity index (χ2n) is 4.63. The van der Waals surface area contributed by atoms with E-state index in [0.29, 0.717) is 6.04 Å². The van der Waals surface area contributed by atoms with E-state index >= 15 is 0 Å². The number of furan rings is 1. The van der Waals surface area contributed by atoms with Crippen LogP contribution in [0.15, 0.2) is 21.2 Å². The van der Waals surface area contributed by atoms with Crippen LogP contribution in [0.3, 0.4) is 0 Å². The van der Waals surface area contributed by atoms with E-state index in [4.69, 9.17) is 4.42 Å². The molecule has 0 spiro atoms. The predicted molar refractivity (Wildman–Crippen MR) is 69.4 cm³/mol. The summed E-state index contributed by atoms with van der Waals surface area (Å²) in [5.41, 5.74) is 0. The number of hydrogen-bond donors (Lipinski definition) is 1. The average Bonchev–Trinajstić information content (AvgIpc) is 2.63. The van der Waals surface area contributed by atoms with Crippen LogP contribution < -0.4 is 5.32 Å². The third kappa shape index (κ3) is 3.95. The first-order chi connectivity index (χ1) is 7.84. The highest BCUT2D eigenvalue weighted by Gasteiger charge is 2.11. The number of rotatable bonds is 3. The lowest BCUT2D eigenvalue weighted by atomic mass is 9.97. The van der Waals surface area contributed by atoms with Gasteiger partial charge in [-0.2, -0.15) is 0 Å². The Kier molecular flexibility index (Phi) is 4.91. The van der Waals surface area contributed by atoms with E-state index in [1.807, 2.05) is 12.1 Å². The minimum Gasteiger partial charge on any atom is -0.453 e. The van der Waals surface area contributed by atoms with Crippen molar-refractivity contribution < 1.29 is 4.42 Å². The van der Waals surface area contributed by atoms with Gasteiger partial charge in [0, 0.05) is 6.04 Å². The summed E-state index contributed by atoms with van der Waals surface area (Å²) in [6.07, 6.45) is 9.63. The van der Waals surface area contributed by atoms with Gasteiger partial charge in [-0.1, -0.05) is 32.1 Å². The van der Waals surface area contributed by atoms with Gasteiger partial charge in [-0.3, -0.25) is 0 Å². The monoisotopic (exact) mass is 285 g/mol. The largest absolute Gasteiger partial charge is 0.453 e. The van der Waals surface area contributed by atoms with E-state index in [1.54, 1.807) is 0 Å². The summed E-state index contributed by atoms with van der Waals surface area (Å²) in [5, 5.41) is 3.60. The molecular weight excluding hydrogens is 266 g/mol. The summed E-state index contributed by atoms with van der Waals surface area (Å²) >= 11 is 3.33. The molecule has 1 heterocycles. The fourth-order valence-corrected chi connectivity index (χ4v) is 2.69. The standard InChI is InChI=1S/C13H20BrNO/c14-13-9-8-12(16-13)10-15-11-6-4-2-1-3-5-7-11/h8-9,11,15H,1-7,10H2. The number of nitrogens with one attached hydrogen (secondary N) is 1. The summed E-state index contributed by atoms with van der Waals surface area (Å²) in [7, 11) is 0. The van der Waals surface area contributed by atoms with Crippen molar-refractivity contribution in [2.45, 2.75) is 57.5 Å². The molecule has 0 amide bonds. The first kappa shape index (κ1) is 12.2. The van der Waals surface area contributed by atoms with E-state index in [9.17, 15) is 0 Å². The van der Waals surface area contributed by atoms with Gasteiger partial charge in [-0.05, 0) is 40.9 Å². The van der Waals surface area contributed by atoms with Crippen LogP contribution >= 0.6 is 15.9 Å². The molecule has 0 saturated heterocycles. The number of hydrogen-bond acceptors (Lipinski definition) is 2. The molecule has 90 valence electrons. The van der Waals surface area contributed by atoms with Gasteiger partial charge in [0.05, 0.1) is 6.54 Å². The molecular formula is C13H20BrNO. The quantitative estimate of drug-likeness (QED) is 0.898. The van der Waals surface area contributed by atoms with Crippen molar-refractivity contribution in [3.8, 4) is 0 Å². The van der Waals surface area contributed by atoms with Crippen LogP contribution in [0, 0.1) is 0 Å². The van der Waals surface area contributed by atoms with Gasteiger partial charge in [0.15, 0.2) is 4.67 Å². The molecule has 0 aliphatic heterocycles. The highest BCUT2D eigenvalue weighted by Crippen LogP contribution is 2.18. The van der Waals surface area contributed by atoms with Crippen LogP contribution in [0.25, 0.3) is 0 Å². The third-order valence-corrected chi connectivity index (χ3v) is 3.73. The molecule has 2 nitrogen and oxygen atoms in total. The van der Waals surface area contributed by atoms with Crippen LogP contribution in [0.5, 0.6) is 0 Å². The minimum absolute atomic E-state index is 0.684. The maximum absolute atomic E-state index is 5.48. The smallest absolute Gasteiger partial charge is 0.169 e. The Morgan fingerprint density at radius 3 is 2.44 bits per heavy atom. The van der Waals surface area contributed by atoms with E-state index < -0.39 is 0 Å². The first-order valence-corrected chi connectivity index (χ1v) is 7.11. The summed E-state index contributed by atoms with van der Waals surface area (Å²) in [4.78, 5) is 0. The Bertz CT molecular complexity index is 303. The summed E-state index contributed by atoms with van der Waals surface area (Å²) in [6.45, 7) is 0.857. The Balaban J connectivity index is 1.75. The van der Waals surface area contributed by atoms with Gasteiger partial charge in [0.2, 0.25) is 0 Å². The van der Waals surface area contributed by atoms with Crippen molar-refractivity contribution in [1.82, 2.24) is 5.32 Å². The summed E-state index contributed by atoms with van der Waals surface area (Å²) in [5.74, 6) is 1.02. The molecule has 1 saturated carbocycles. The molecule has 0 unspecified atom stereocenters. The van der Waals surface area contributed by atoms with Crippen molar-refractivity contribution in [1.29, 1.82) is 0 Å². The van der Waals surface area contributed by atoms with Gasteiger partial charge < -0.3 is 9.73 Å². The first-order valence-electron chi connectivity index (χ1n) is 6.32. The topological polar surface area (TPSA) is 25.2 Å². The van der Waals surface area contributed by atoms with Gasteiger partial charge in [-0.15, -0.1) is 0 Å². The van der Waals surface area contributed by atoms with Crippen LogP contribution in [-0.4, -0.2) is 6.04 Å². The van der Waals surface area contributed by atoms with Crippen molar-refractivity contribution >= 4 is 15.9 Å². The molecule has 0 bridgehead atoms. The second-order valence-corrected chi connectivity index (χ2v) is 5.41. The SMILES string of the molecule is Brc1ccc(CNC2CCCCCCC2)o1. The molecule has 1 aliphatic carbocycles. The molecule has 3 heteroatoms. The number of halogens is 1. The summed E-state index contributed by atoms with van der Waals surface area (Å²) < 4.78 is 6.31. The van der Waals surface area contributed by atoms with Crippen molar-refractivity contribution in [3.05, 3.63) is 22.6 Å². The molecule has 1 aromatic rings. The van der Waals surface area contributed by atoms with Crippen LogP contribution in [0.2, 0.25) is 0 Å². The summed E-state index contributed by atoms with van der Waals surface area (Å²) in [6, 6.07) is 4.67. The lowest BCUT2D eigenvalue weighted by Gasteiger charge is -2.20. The zero-order valence-corrected chi connectivity index (χ0v) is 11.3. The zero-order valence-electron chi connectivity index (χ0n) is 9.68. The van der Waals surface area contributed by atoms with Crippen molar-refractivity contribution in [2.24, 2.45) is 0 Å². The molecule has 0 aromatic carbocycles. The fraction of sp³-hybridized carbons (Fsp3) is 0.692. The molecule has 1 aliphatic rings. The van der Waals surface area contributed by atoms with Gasteiger partial charge >= 0.3 is 0 Å². The van der Waals surface area contributed by atoms with Crippen molar-refractivity contribution in [2.75, 3.05) is 0 Å². The van der Waals surface area contributed by atoms with Crippen molar-refractivity contribution in [3.63, 3.8) is 0 Å². The fourth-order valence-electron chi connectivity index (χ4n) is 2.35. The molecule has 1 fully saturated rings. The molecule has 16 heavy (non-hydrogen) atoms. The van der Waals surface area contributed by atoms with Crippen LogP contribution in [0.1, 0.15) is 50.7 Å². The van der Waals surface area contributed by atoms with Crippen LogP contribution in [-0.2, 0) is 6.54 Å². The molecule has 1 aromatic heterocycles. The minimum atomic E-state index is 0.684. The third-order valence-electron chi connectivity index (χ3n) is 3.30.